The second-order valence-electron chi connectivity index (χ2n) is 5.44. The second kappa shape index (κ2) is 5.68. The van der Waals surface area contributed by atoms with Crippen LogP contribution < -0.4 is 5.32 Å². The molecule has 2 aromatic carbocycles. The zero-order chi connectivity index (χ0) is 16.6. The molecule has 0 bridgehead atoms. The smallest absolute Gasteiger partial charge is 0.261 e. The van der Waals surface area contributed by atoms with E-state index in [-0.39, 0.29) is 23.3 Å². The van der Waals surface area contributed by atoms with Crippen molar-refractivity contribution < 1.29 is 14.4 Å². The zero-order valence-electron chi connectivity index (χ0n) is 12.9. The van der Waals surface area contributed by atoms with Crippen LogP contribution in [0.2, 0.25) is 0 Å². The van der Waals surface area contributed by atoms with Crippen LogP contribution in [0.1, 0.15) is 43.6 Å². The highest BCUT2D eigenvalue weighted by molar-refractivity contribution is 6.22. The van der Waals surface area contributed by atoms with Gasteiger partial charge in [0.05, 0.1) is 11.1 Å². The van der Waals surface area contributed by atoms with Gasteiger partial charge in [0.2, 0.25) is 0 Å². The Morgan fingerprint density at radius 3 is 2.52 bits per heavy atom. The summed E-state index contributed by atoms with van der Waals surface area (Å²) in [6.45, 7) is 2.04. The molecule has 3 rings (SSSR count). The van der Waals surface area contributed by atoms with Gasteiger partial charge in [0.1, 0.15) is 0 Å². The Balaban J connectivity index is 1.87. The summed E-state index contributed by atoms with van der Waals surface area (Å²) in [4.78, 5) is 37.3. The SMILES string of the molecule is CCc1cccc(NC(=O)c2ccc3c(c2)C(=O)N(C)C3=O)c1. The van der Waals surface area contributed by atoms with Crippen LogP contribution in [-0.2, 0) is 6.42 Å². The van der Waals surface area contributed by atoms with Gasteiger partial charge in [-0.2, -0.15) is 0 Å². The van der Waals surface area contributed by atoms with Crippen molar-refractivity contribution in [2.75, 3.05) is 12.4 Å². The fourth-order valence-corrected chi connectivity index (χ4v) is 2.57. The van der Waals surface area contributed by atoms with Crippen molar-refractivity contribution in [2.24, 2.45) is 0 Å². The fraction of sp³-hybridized carbons (Fsp3) is 0.167. The minimum Gasteiger partial charge on any atom is -0.322 e. The summed E-state index contributed by atoms with van der Waals surface area (Å²) >= 11 is 0. The number of benzene rings is 2. The van der Waals surface area contributed by atoms with Crippen LogP contribution in [-0.4, -0.2) is 29.7 Å². The summed E-state index contributed by atoms with van der Waals surface area (Å²) in [5.74, 6) is -1.03. The van der Waals surface area contributed by atoms with E-state index in [1.165, 1.54) is 19.2 Å². The van der Waals surface area contributed by atoms with E-state index in [1.807, 2.05) is 31.2 Å². The lowest BCUT2D eigenvalue weighted by atomic mass is 10.1. The highest BCUT2D eigenvalue weighted by atomic mass is 16.2. The van der Waals surface area contributed by atoms with E-state index < -0.39 is 0 Å². The third-order valence-corrected chi connectivity index (χ3v) is 3.94. The van der Waals surface area contributed by atoms with E-state index in [9.17, 15) is 14.4 Å². The molecule has 0 atom stereocenters. The molecule has 0 aromatic heterocycles. The Labute approximate surface area is 133 Å². The van der Waals surface area contributed by atoms with E-state index >= 15 is 0 Å². The van der Waals surface area contributed by atoms with Crippen molar-refractivity contribution >= 4 is 23.4 Å². The summed E-state index contributed by atoms with van der Waals surface area (Å²) in [6, 6.07) is 12.1. The molecule has 0 unspecified atom stereocenters. The highest BCUT2D eigenvalue weighted by Gasteiger charge is 2.33. The topological polar surface area (TPSA) is 66.5 Å². The number of hydrogen-bond donors (Lipinski definition) is 1. The molecule has 1 aliphatic heterocycles. The summed E-state index contributed by atoms with van der Waals surface area (Å²) in [5, 5.41) is 2.81. The standard InChI is InChI=1S/C18H16N2O3/c1-3-11-5-4-6-13(9-11)19-16(21)12-7-8-14-15(10-12)18(23)20(2)17(14)22/h4-10H,3H2,1-2H3,(H,19,21). The van der Waals surface area contributed by atoms with E-state index in [2.05, 4.69) is 5.32 Å². The maximum absolute atomic E-state index is 12.4. The molecule has 1 heterocycles. The number of nitrogens with one attached hydrogen (secondary N) is 1. The second-order valence-corrected chi connectivity index (χ2v) is 5.44. The molecule has 23 heavy (non-hydrogen) atoms. The minimum atomic E-state index is -0.382. The number of rotatable bonds is 3. The first-order chi connectivity index (χ1) is 11.0. The van der Waals surface area contributed by atoms with Gasteiger partial charge in [0.15, 0.2) is 0 Å². The van der Waals surface area contributed by atoms with Crippen molar-refractivity contribution in [3.05, 3.63) is 64.7 Å². The summed E-state index contributed by atoms with van der Waals surface area (Å²) < 4.78 is 0. The van der Waals surface area contributed by atoms with Gasteiger partial charge in [-0.15, -0.1) is 0 Å². The van der Waals surface area contributed by atoms with Crippen LogP contribution >= 0.6 is 0 Å². The molecule has 0 fully saturated rings. The molecule has 5 nitrogen and oxygen atoms in total. The average molecular weight is 308 g/mol. The van der Waals surface area contributed by atoms with E-state index in [4.69, 9.17) is 0 Å². The van der Waals surface area contributed by atoms with E-state index in [0.717, 1.165) is 16.9 Å². The molecule has 0 radical (unpaired) electrons. The highest BCUT2D eigenvalue weighted by Crippen LogP contribution is 2.23. The van der Waals surface area contributed by atoms with Gasteiger partial charge in [0.25, 0.3) is 17.7 Å². The first-order valence-electron chi connectivity index (χ1n) is 7.38. The first-order valence-corrected chi connectivity index (χ1v) is 7.38. The number of amides is 3. The fourth-order valence-electron chi connectivity index (χ4n) is 2.57. The summed E-state index contributed by atoms with van der Waals surface area (Å²) in [7, 11) is 1.43. The molecule has 0 spiro atoms. The monoisotopic (exact) mass is 308 g/mol. The van der Waals surface area contributed by atoms with E-state index in [1.54, 1.807) is 6.07 Å². The molecule has 1 N–H and O–H groups in total. The van der Waals surface area contributed by atoms with Crippen LogP contribution in [0.15, 0.2) is 42.5 Å². The molecule has 1 aliphatic rings. The lowest BCUT2D eigenvalue weighted by molar-refractivity contribution is 0.0693. The third kappa shape index (κ3) is 2.61. The molecule has 2 aromatic rings. The zero-order valence-corrected chi connectivity index (χ0v) is 12.9. The Hall–Kier alpha value is -2.95. The number of nitrogens with zero attached hydrogens (tertiary/aromatic N) is 1. The lowest BCUT2D eigenvalue weighted by Gasteiger charge is -2.07. The molecule has 0 aliphatic carbocycles. The number of carbonyl (C=O) groups is 3. The Bertz CT molecular complexity index is 827. The van der Waals surface area contributed by atoms with Crippen molar-refractivity contribution in [1.29, 1.82) is 0 Å². The number of anilines is 1. The lowest BCUT2D eigenvalue weighted by Crippen LogP contribution is -2.24. The van der Waals surface area contributed by atoms with Gasteiger partial charge in [-0.3, -0.25) is 19.3 Å². The quantitative estimate of drug-likeness (QED) is 0.887. The van der Waals surface area contributed by atoms with Crippen LogP contribution in [0.5, 0.6) is 0 Å². The normalized spacial score (nSPS) is 13.2. The summed E-state index contributed by atoms with van der Waals surface area (Å²) in [5.41, 5.74) is 2.78. The van der Waals surface area contributed by atoms with Gasteiger partial charge in [-0.25, -0.2) is 0 Å². The van der Waals surface area contributed by atoms with Crippen molar-refractivity contribution in [1.82, 2.24) is 4.90 Å². The molecular formula is C18H16N2O3. The van der Waals surface area contributed by atoms with Crippen LogP contribution in [0.3, 0.4) is 0 Å². The summed E-state index contributed by atoms with van der Waals surface area (Å²) in [6.07, 6.45) is 0.880. The Morgan fingerprint density at radius 2 is 1.78 bits per heavy atom. The molecule has 116 valence electrons. The minimum absolute atomic E-state index is 0.271. The van der Waals surface area contributed by atoms with Gasteiger partial charge in [-0.05, 0) is 42.3 Å². The number of imide groups is 1. The molecule has 3 amide bonds. The van der Waals surface area contributed by atoms with Crippen LogP contribution in [0, 0.1) is 0 Å². The third-order valence-electron chi connectivity index (χ3n) is 3.94. The molecule has 5 heteroatoms. The van der Waals surface area contributed by atoms with Gasteiger partial charge in [0, 0.05) is 18.3 Å². The maximum atomic E-state index is 12.4. The largest absolute Gasteiger partial charge is 0.322 e. The van der Waals surface area contributed by atoms with Gasteiger partial charge < -0.3 is 5.32 Å². The predicted octanol–water partition coefficient (Wildman–Crippen LogP) is 2.73. The van der Waals surface area contributed by atoms with Crippen molar-refractivity contribution in [3.8, 4) is 0 Å². The molecular weight excluding hydrogens is 292 g/mol. The predicted molar refractivity (Wildman–Crippen MR) is 86.6 cm³/mol. The number of aryl methyl sites for hydroxylation is 1. The van der Waals surface area contributed by atoms with Gasteiger partial charge >= 0.3 is 0 Å². The number of fused-ring (bicyclic) bond motifs is 1. The number of carbonyl (C=O) groups excluding carboxylic acids is 3. The van der Waals surface area contributed by atoms with Gasteiger partial charge in [-0.1, -0.05) is 19.1 Å². The van der Waals surface area contributed by atoms with Crippen molar-refractivity contribution in [3.63, 3.8) is 0 Å². The number of hydrogen-bond acceptors (Lipinski definition) is 3. The Kier molecular flexibility index (Phi) is 3.70. The van der Waals surface area contributed by atoms with Crippen molar-refractivity contribution in [2.45, 2.75) is 13.3 Å². The Morgan fingerprint density at radius 1 is 1.04 bits per heavy atom. The van der Waals surface area contributed by atoms with Crippen LogP contribution in [0.4, 0.5) is 5.69 Å². The maximum Gasteiger partial charge on any atom is 0.261 e. The molecule has 0 saturated heterocycles. The van der Waals surface area contributed by atoms with E-state index in [0.29, 0.717) is 16.8 Å². The average Bonchev–Trinajstić information content (AvgIpc) is 2.79. The molecule has 0 saturated carbocycles. The van der Waals surface area contributed by atoms with Crippen LogP contribution in [0.25, 0.3) is 0 Å². The first kappa shape index (κ1) is 15.0.